The summed E-state index contributed by atoms with van der Waals surface area (Å²) >= 11 is 0. The van der Waals surface area contributed by atoms with Gasteiger partial charge in [0.1, 0.15) is 0 Å². The van der Waals surface area contributed by atoms with Gasteiger partial charge in [-0.05, 0) is 24.8 Å². The van der Waals surface area contributed by atoms with Gasteiger partial charge in [0.2, 0.25) is 0 Å². The minimum atomic E-state index is -1.17. The number of nitrogens with one attached hydrogen (secondary N) is 1. The summed E-state index contributed by atoms with van der Waals surface area (Å²) in [6.07, 6.45) is 3.08. The molecule has 1 aromatic carbocycles. The van der Waals surface area contributed by atoms with E-state index in [4.69, 9.17) is 0 Å². The van der Waals surface area contributed by atoms with Gasteiger partial charge in [-0.15, -0.1) is 0 Å². The summed E-state index contributed by atoms with van der Waals surface area (Å²) in [5.41, 5.74) is 0.887. The Morgan fingerprint density at radius 3 is 2.22 bits per heavy atom. The Labute approximate surface area is 111 Å². The highest BCUT2D eigenvalue weighted by Gasteiger charge is 2.33. The van der Waals surface area contributed by atoms with Crippen molar-refractivity contribution in [3.05, 3.63) is 29.8 Å². The lowest BCUT2D eigenvalue weighted by Crippen LogP contribution is -2.46. The van der Waals surface area contributed by atoms with Gasteiger partial charge < -0.3 is 10.4 Å². The molecule has 0 unspecified atom stereocenters. The molecular formula is C15H25NOSi. The molecule has 1 aliphatic rings. The van der Waals surface area contributed by atoms with Crippen LogP contribution in [0.5, 0.6) is 0 Å². The molecule has 0 heterocycles. The van der Waals surface area contributed by atoms with Gasteiger partial charge in [-0.25, -0.2) is 0 Å². The molecule has 2 rings (SSSR count). The highest BCUT2D eigenvalue weighted by atomic mass is 28.3. The summed E-state index contributed by atoms with van der Waals surface area (Å²) < 4.78 is 0. The third-order valence-electron chi connectivity index (χ3n) is 3.89. The normalized spacial score (nSPS) is 18.4. The van der Waals surface area contributed by atoms with Gasteiger partial charge in [-0.3, -0.25) is 0 Å². The number of aliphatic hydroxyl groups is 1. The van der Waals surface area contributed by atoms with Crippen molar-refractivity contribution in [2.75, 3.05) is 6.54 Å². The summed E-state index contributed by atoms with van der Waals surface area (Å²) in [5, 5.41) is 14.8. The first-order valence-electron chi connectivity index (χ1n) is 6.92. The third kappa shape index (κ3) is 3.43. The Morgan fingerprint density at radius 2 is 1.78 bits per heavy atom. The van der Waals surface area contributed by atoms with E-state index < -0.39 is 13.7 Å². The van der Waals surface area contributed by atoms with Gasteiger partial charge in [0.05, 0.1) is 13.7 Å². The standard InChI is InChI=1S/C15H25NOSi/c1-18(2,3)14-7-5-13(6-8-14)11-16-12-15(17)9-4-10-15/h5-8,16-17H,4,9-12H2,1-3H3. The van der Waals surface area contributed by atoms with Crippen molar-refractivity contribution in [1.82, 2.24) is 5.32 Å². The van der Waals surface area contributed by atoms with E-state index in [1.54, 1.807) is 0 Å². The van der Waals surface area contributed by atoms with E-state index >= 15 is 0 Å². The molecule has 18 heavy (non-hydrogen) atoms. The van der Waals surface area contributed by atoms with Gasteiger partial charge in [0, 0.05) is 13.1 Å². The highest BCUT2D eigenvalue weighted by molar-refractivity contribution is 6.88. The maximum absolute atomic E-state index is 9.98. The molecule has 1 aliphatic carbocycles. The molecule has 0 radical (unpaired) electrons. The van der Waals surface area contributed by atoms with E-state index in [2.05, 4.69) is 49.2 Å². The van der Waals surface area contributed by atoms with Crippen LogP contribution in [0, 0.1) is 0 Å². The quantitative estimate of drug-likeness (QED) is 0.799. The number of hydrogen-bond donors (Lipinski definition) is 2. The van der Waals surface area contributed by atoms with E-state index in [9.17, 15) is 5.11 Å². The van der Waals surface area contributed by atoms with Crippen LogP contribution in [-0.2, 0) is 6.54 Å². The van der Waals surface area contributed by atoms with Crippen LogP contribution in [0.1, 0.15) is 24.8 Å². The van der Waals surface area contributed by atoms with Gasteiger partial charge in [0.25, 0.3) is 0 Å². The summed E-state index contributed by atoms with van der Waals surface area (Å²) in [4.78, 5) is 0. The Bertz CT molecular complexity index is 390. The van der Waals surface area contributed by atoms with Crippen LogP contribution >= 0.6 is 0 Å². The minimum absolute atomic E-state index is 0.418. The van der Waals surface area contributed by atoms with Crippen molar-refractivity contribution < 1.29 is 5.11 Å². The predicted octanol–water partition coefficient (Wildman–Crippen LogP) is 2.24. The van der Waals surface area contributed by atoms with E-state index in [1.807, 2.05) is 0 Å². The zero-order chi connectivity index (χ0) is 13.2. The zero-order valence-electron chi connectivity index (χ0n) is 11.8. The fourth-order valence-electron chi connectivity index (χ4n) is 2.32. The fraction of sp³-hybridized carbons (Fsp3) is 0.600. The van der Waals surface area contributed by atoms with Crippen molar-refractivity contribution in [1.29, 1.82) is 0 Å². The second kappa shape index (κ2) is 5.15. The molecular weight excluding hydrogens is 238 g/mol. The van der Waals surface area contributed by atoms with Gasteiger partial charge in [-0.2, -0.15) is 0 Å². The Hall–Kier alpha value is -0.643. The SMILES string of the molecule is C[Si](C)(C)c1ccc(CNCC2(O)CCC2)cc1. The van der Waals surface area contributed by atoms with Crippen LogP contribution in [0.15, 0.2) is 24.3 Å². The largest absolute Gasteiger partial charge is 0.389 e. The van der Waals surface area contributed by atoms with Crippen molar-refractivity contribution in [3.8, 4) is 0 Å². The van der Waals surface area contributed by atoms with Crippen molar-refractivity contribution >= 4 is 13.3 Å². The Balaban J connectivity index is 1.83. The zero-order valence-corrected chi connectivity index (χ0v) is 12.8. The van der Waals surface area contributed by atoms with Crippen LogP contribution in [0.3, 0.4) is 0 Å². The molecule has 1 saturated carbocycles. The number of rotatable bonds is 5. The lowest BCUT2D eigenvalue weighted by molar-refractivity contribution is -0.0314. The summed E-state index contributed by atoms with van der Waals surface area (Å²) in [6.45, 7) is 8.68. The van der Waals surface area contributed by atoms with E-state index in [1.165, 1.54) is 17.2 Å². The molecule has 0 atom stereocenters. The molecule has 2 nitrogen and oxygen atoms in total. The lowest BCUT2D eigenvalue weighted by atomic mass is 9.80. The summed E-state index contributed by atoms with van der Waals surface area (Å²) in [6, 6.07) is 8.96. The van der Waals surface area contributed by atoms with Crippen LogP contribution in [0.25, 0.3) is 0 Å². The van der Waals surface area contributed by atoms with Crippen LogP contribution in [0.2, 0.25) is 19.6 Å². The van der Waals surface area contributed by atoms with Gasteiger partial charge in [0.15, 0.2) is 0 Å². The first-order chi connectivity index (χ1) is 8.39. The number of hydrogen-bond acceptors (Lipinski definition) is 2. The predicted molar refractivity (Wildman–Crippen MR) is 79.9 cm³/mol. The van der Waals surface area contributed by atoms with E-state index in [-0.39, 0.29) is 0 Å². The monoisotopic (exact) mass is 263 g/mol. The van der Waals surface area contributed by atoms with Crippen LogP contribution in [0.4, 0.5) is 0 Å². The average molecular weight is 263 g/mol. The molecule has 3 heteroatoms. The minimum Gasteiger partial charge on any atom is -0.389 e. The second-order valence-corrected chi connectivity index (χ2v) is 11.7. The van der Waals surface area contributed by atoms with E-state index in [0.717, 1.165) is 25.9 Å². The molecule has 1 aromatic rings. The molecule has 2 N–H and O–H groups in total. The van der Waals surface area contributed by atoms with Crippen molar-refractivity contribution in [2.45, 2.75) is 51.0 Å². The van der Waals surface area contributed by atoms with Crippen LogP contribution < -0.4 is 10.5 Å². The number of benzene rings is 1. The van der Waals surface area contributed by atoms with Gasteiger partial charge >= 0.3 is 0 Å². The molecule has 0 spiro atoms. The molecule has 0 aromatic heterocycles. The maximum Gasteiger partial charge on any atom is 0.0775 e. The van der Waals surface area contributed by atoms with Crippen molar-refractivity contribution in [3.63, 3.8) is 0 Å². The van der Waals surface area contributed by atoms with Gasteiger partial charge in [-0.1, -0.05) is 49.1 Å². The highest BCUT2D eigenvalue weighted by Crippen LogP contribution is 2.30. The lowest BCUT2D eigenvalue weighted by Gasteiger charge is -2.36. The first-order valence-corrected chi connectivity index (χ1v) is 10.4. The Morgan fingerprint density at radius 1 is 1.17 bits per heavy atom. The topological polar surface area (TPSA) is 32.3 Å². The first kappa shape index (κ1) is 13.8. The molecule has 1 fully saturated rings. The average Bonchev–Trinajstić information content (AvgIpc) is 2.26. The molecule has 0 bridgehead atoms. The smallest absolute Gasteiger partial charge is 0.0775 e. The van der Waals surface area contributed by atoms with Crippen molar-refractivity contribution in [2.24, 2.45) is 0 Å². The summed E-state index contributed by atoms with van der Waals surface area (Å²) in [5.74, 6) is 0. The molecule has 0 aliphatic heterocycles. The van der Waals surface area contributed by atoms with E-state index in [0.29, 0.717) is 0 Å². The molecule has 0 saturated heterocycles. The fourth-order valence-corrected chi connectivity index (χ4v) is 3.49. The Kier molecular flexibility index (Phi) is 3.95. The van der Waals surface area contributed by atoms with Crippen LogP contribution in [-0.4, -0.2) is 25.3 Å². The maximum atomic E-state index is 9.98. The summed E-state index contributed by atoms with van der Waals surface area (Å²) in [7, 11) is -1.17. The third-order valence-corrected chi connectivity index (χ3v) is 5.95. The molecule has 0 amide bonds. The second-order valence-electron chi connectivity index (χ2n) is 6.63. The molecule has 100 valence electrons.